The Hall–Kier alpha value is -4.24. The van der Waals surface area contributed by atoms with Gasteiger partial charge in [0.05, 0.1) is 12.8 Å². The molecule has 0 unspecified atom stereocenters. The number of pyridine rings is 2. The maximum absolute atomic E-state index is 12.9. The number of rotatable bonds is 6. The highest BCUT2D eigenvalue weighted by molar-refractivity contribution is 6.29. The third-order valence-electron chi connectivity index (χ3n) is 6.40. The van der Waals surface area contributed by atoms with Gasteiger partial charge in [0, 0.05) is 36.6 Å². The Labute approximate surface area is 218 Å². The fourth-order valence-corrected chi connectivity index (χ4v) is 4.62. The number of methoxy groups -OCH3 is 1. The molecule has 2 amide bonds. The summed E-state index contributed by atoms with van der Waals surface area (Å²) in [5, 5.41) is 10.1. The van der Waals surface area contributed by atoms with Crippen molar-refractivity contribution in [2.45, 2.75) is 18.8 Å². The number of piperidine rings is 1. The van der Waals surface area contributed by atoms with E-state index in [4.69, 9.17) is 16.3 Å². The molecule has 2 N–H and O–H groups in total. The van der Waals surface area contributed by atoms with Crippen molar-refractivity contribution in [2.75, 3.05) is 25.5 Å². The number of benzene rings is 1. The Bertz CT molecular complexity index is 1400. The van der Waals surface area contributed by atoms with Gasteiger partial charge in [-0.1, -0.05) is 29.8 Å². The summed E-state index contributed by atoms with van der Waals surface area (Å²) >= 11 is 6.03. The van der Waals surface area contributed by atoms with Gasteiger partial charge in [0.2, 0.25) is 5.88 Å². The first-order valence-corrected chi connectivity index (χ1v) is 12.3. The summed E-state index contributed by atoms with van der Waals surface area (Å²) in [6.07, 6.45) is 3.37. The largest absolute Gasteiger partial charge is 0.481 e. The normalized spacial score (nSPS) is 13.8. The number of H-pyrrole nitrogens is 1. The highest BCUT2D eigenvalue weighted by Gasteiger charge is 2.25. The molecule has 37 heavy (non-hydrogen) atoms. The SMILES string of the molecule is COc1cc(C(=O)N2CCC(c3ccc(NC(=O)c4cc(-c5ccccn5)n[nH]4)cc3)CC2)cc(Cl)n1. The molecule has 1 aliphatic heterocycles. The van der Waals surface area contributed by atoms with E-state index in [0.29, 0.717) is 53.2 Å². The predicted octanol–water partition coefficient (Wildman–Crippen LogP) is 4.80. The molecular weight excluding hydrogens is 492 g/mol. The summed E-state index contributed by atoms with van der Waals surface area (Å²) in [5.41, 5.74) is 4.00. The van der Waals surface area contributed by atoms with Crippen molar-refractivity contribution >= 4 is 29.1 Å². The first kappa shape index (κ1) is 24.5. The third kappa shape index (κ3) is 5.62. The fourth-order valence-electron chi connectivity index (χ4n) is 4.42. The Kier molecular flexibility index (Phi) is 7.14. The van der Waals surface area contributed by atoms with Gasteiger partial charge in [-0.3, -0.25) is 19.7 Å². The Balaban J connectivity index is 1.17. The minimum Gasteiger partial charge on any atom is -0.481 e. The van der Waals surface area contributed by atoms with E-state index in [1.165, 1.54) is 12.7 Å². The number of nitrogens with zero attached hydrogens (tertiary/aromatic N) is 4. The van der Waals surface area contributed by atoms with Gasteiger partial charge in [-0.25, -0.2) is 4.98 Å². The summed E-state index contributed by atoms with van der Waals surface area (Å²) in [5.74, 6) is 0.295. The number of ether oxygens (including phenoxy) is 1. The molecule has 0 aliphatic carbocycles. The van der Waals surface area contributed by atoms with Crippen molar-refractivity contribution in [2.24, 2.45) is 0 Å². The van der Waals surface area contributed by atoms with Crippen LogP contribution in [0.3, 0.4) is 0 Å². The van der Waals surface area contributed by atoms with Crippen molar-refractivity contribution < 1.29 is 14.3 Å². The standard InChI is InChI=1S/C27H25ClN6O3/c1-37-25-15-19(14-24(28)31-25)27(36)34-12-9-18(10-13-34)17-5-7-20(8-6-17)30-26(35)23-16-22(32-33-23)21-4-2-3-11-29-21/h2-8,11,14-16,18H,9-10,12-13H2,1H3,(H,30,35)(H,32,33). The van der Waals surface area contributed by atoms with Crippen LogP contribution in [0.25, 0.3) is 11.4 Å². The van der Waals surface area contributed by atoms with E-state index in [1.54, 1.807) is 24.4 Å². The summed E-state index contributed by atoms with van der Waals surface area (Å²) in [6, 6.07) is 18.2. The fraction of sp³-hybridized carbons (Fsp3) is 0.222. The number of anilines is 1. The van der Waals surface area contributed by atoms with Gasteiger partial charge in [-0.15, -0.1) is 0 Å². The quantitative estimate of drug-likeness (QED) is 0.356. The van der Waals surface area contributed by atoms with E-state index in [2.05, 4.69) is 25.5 Å². The molecule has 0 bridgehead atoms. The Morgan fingerprint density at radius 3 is 2.54 bits per heavy atom. The molecule has 9 nitrogen and oxygen atoms in total. The summed E-state index contributed by atoms with van der Waals surface area (Å²) in [7, 11) is 1.49. The van der Waals surface area contributed by atoms with Crippen LogP contribution in [0.4, 0.5) is 5.69 Å². The number of hydrogen-bond acceptors (Lipinski definition) is 6. The van der Waals surface area contributed by atoms with Gasteiger partial charge in [-0.2, -0.15) is 5.10 Å². The van der Waals surface area contributed by atoms with E-state index in [-0.39, 0.29) is 17.0 Å². The summed E-state index contributed by atoms with van der Waals surface area (Å²) < 4.78 is 5.13. The van der Waals surface area contributed by atoms with E-state index >= 15 is 0 Å². The number of aromatic nitrogens is 4. The minimum atomic E-state index is -0.276. The van der Waals surface area contributed by atoms with Crippen LogP contribution in [-0.2, 0) is 0 Å². The number of halogens is 1. The van der Waals surface area contributed by atoms with E-state index < -0.39 is 0 Å². The number of carbonyl (C=O) groups excluding carboxylic acids is 2. The number of carbonyl (C=O) groups is 2. The highest BCUT2D eigenvalue weighted by atomic mass is 35.5. The second kappa shape index (κ2) is 10.8. The summed E-state index contributed by atoms with van der Waals surface area (Å²) in [4.78, 5) is 35.7. The first-order chi connectivity index (χ1) is 18.0. The zero-order valence-corrected chi connectivity index (χ0v) is 20.9. The molecule has 1 aliphatic rings. The molecule has 3 aromatic heterocycles. The van der Waals surface area contributed by atoms with Crippen molar-refractivity contribution in [3.05, 3.63) is 88.8 Å². The number of aromatic amines is 1. The lowest BCUT2D eigenvalue weighted by atomic mass is 9.89. The monoisotopic (exact) mass is 516 g/mol. The van der Waals surface area contributed by atoms with E-state index in [1.807, 2.05) is 47.4 Å². The third-order valence-corrected chi connectivity index (χ3v) is 6.59. The second-order valence-corrected chi connectivity index (χ2v) is 9.13. The topological polar surface area (TPSA) is 113 Å². The molecule has 1 fully saturated rings. The van der Waals surface area contributed by atoms with Crippen LogP contribution < -0.4 is 10.1 Å². The number of nitrogens with one attached hydrogen (secondary N) is 2. The first-order valence-electron chi connectivity index (χ1n) is 11.9. The van der Waals surface area contributed by atoms with Crippen LogP contribution in [0.15, 0.2) is 66.9 Å². The highest BCUT2D eigenvalue weighted by Crippen LogP contribution is 2.30. The van der Waals surface area contributed by atoms with Crippen LogP contribution >= 0.6 is 11.6 Å². The lowest BCUT2D eigenvalue weighted by Crippen LogP contribution is -2.38. The molecule has 0 atom stereocenters. The molecule has 188 valence electrons. The molecule has 4 heterocycles. The zero-order valence-electron chi connectivity index (χ0n) is 20.1. The number of amides is 2. The van der Waals surface area contributed by atoms with Crippen molar-refractivity contribution in [3.8, 4) is 17.3 Å². The summed E-state index contributed by atoms with van der Waals surface area (Å²) in [6.45, 7) is 1.28. The maximum atomic E-state index is 12.9. The molecule has 0 spiro atoms. The smallest absolute Gasteiger partial charge is 0.273 e. The van der Waals surface area contributed by atoms with Crippen LogP contribution in [0.5, 0.6) is 5.88 Å². The van der Waals surface area contributed by atoms with Gasteiger partial charge in [0.25, 0.3) is 11.8 Å². The van der Waals surface area contributed by atoms with Crippen molar-refractivity contribution in [1.29, 1.82) is 0 Å². The molecule has 0 saturated carbocycles. The molecule has 1 aromatic carbocycles. The molecular formula is C27H25ClN6O3. The maximum Gasteiger partial charge on any atom is 0.273 e. The Morgan fingerprint density at radius 2 is 1.84 bits per heavy atom. The van der Waals surface area contributed by atoms with E-state index in [9.17, 15) is 9.59 Å². The lowest BCUT2D eigenvalue weighted by molar-refractivity contribution is 0.0712. The van der Waals surface area contributed by atoms with Crippen LogP contribution in [0.1, 0.15) is 45.2 Å². The van der Waals surface area contributed by atoms with Gasteiger partial charge in [0.1, 0.15) is 16.5 Å². The second-order valence-electron chi connectivity index (χ2n) is 8.75. The molecule has 0 radical (unpaired) electrons. The molecule has 10 heteroatoms. The van der Waals surface area contributed by atoms with Crippen LogP contribution in [0.2, 0.25) is 5.15 Å². The van der Waals surface area contributed by atoms with Crippen molar-refractivity contribution in [3.63, 3.8) is 0 Å². The lowest BCUT2D eigenvalue weighted by Gasteiger charge is -2.32. The zero-order chi connectivity index (χ0) is 25.8. The molecule has 1 saturated heterocycles. The van der Waals surface area contributed by atoms with Crippen LogP contribution in [-0.4, -0.2) is 57.1 Å². The number of likely N-dealkylation sites (tertiary alicyclic amines) is 1. The van der Waals surface area contributed by atoms with Gasteiger partial charge in [-0.05, 0) is 60.7 Å². The molecule has 5 rings (SSSR count). The van der Waals surface area contributed by atoms with Gasteiger partial charge in [0.15, 0.2) is 0 Å². The van der Waals surface area contributed by atoms with Gasteiger partial charge >= 0.3 is 0 Å². The van der Waals surface area contributed by atoms with Crippen molar-refractivity contribution in [1.82, 2.24) is 25.1 Å². The minimum absolute atomic E-state index is 0.0795. The average Bonchev–Trinajstić information content (AvgIpc) is 3.44. The van der Waals surface area contributed by atoms with Gasteiger partial charge < -0.3 is 15.0 Å². The Morgan fingerprint density at radius 1 is 1.05 bits per heavy atom. The average molecular weight is 517 g/mol. The predicted molar refractivity (Wildman–Crippen MR) is 140 cm³/mol. The molecule has 4 aromatic rings. The number of hydrogen-bond donors (Lipinski definition) is 2. The van der Waals surface area contributed by atoms with E-state index in [0.717, 1.165) is 12.8 Å². The van der Waals surface area contributed by atoms with Crippen LogP contribution in [0, 0.1) is 0 Å².